The number of rotatable bonds is 7. The van der Waals surface area contributed by atoms with E-state index >= 15 is 0 Å². The Hall–Kier alpha value is -3.59. The van der Waals surface area contributed by atoms with Gasteiger partial charge in [0.25, 0.3) is 5.91 Å². The van der Waals surface area contributed by atoms with E-state index in [-0.39, 0.29) is 17.4 Å². The summed E-state index contributed by atoms with van der Waals surface area (Å²) in [4.78, 5) is 22.1. The molecule has 4 rings (SSSR count). The molecular weight excluding hydrogens is 451 g/mol. The molecule has 0 saturated carbocycles. The van der Waals surface area contributed by atoms with E-state index in [2.05, 4.69) is 39.4 Å². The van der Waals surface area contributed by atoms with E-state index in [1.807, 2.05) is 44.2 Å². The zero-order valence-corrected chi connectivity index (χ0v) is 20.2. The number of carbonyl (C=O) groups excluding carboxylic acids is 1. The van der Waals surface area contributed by atoms with Crippen LogP contribution in [0.5, 0.6) is 0 Å². The molecule has 0 unspecified atom stereocenters. The summed E-state index contributed by atoms with van der Waals surface area (Å²) in [6.45, 7) is 8.05. The Kier molecular flexibility index (Phi) is 7.02. The van der Waals surface area contributed by atoms with Crippen LogP contribution >= 0.6 is 11.8 Å². The van der Waals surface area contributed by atoms with Crippen molar-refractivity contribution >= 4 is 23.4 Å². The minimum atomic E-state index is -0.373. The number of benzene rings is 2. The maximum absolute atomic E-state index is 13.5. The average molecular weight is 477 g/mol. The van der Waals surface area contributed by atoms with Gasteiger partial charge in [-0.1, -0.05) is 43.0 Å². The van der Waals surface area contributed by atoms with Crippen LogP contribution in [0.15, 0.2) is 59.8 Å². The van der Waals surface area contributed by atoms with Gasteiger partial charge in [-0.25, -0.2) is 19.0 Å². The second-order valence-electron chi connectivity index (χ2n) is 8.23. The van der Waals surface area contributed by atoms with Crippen molar-refractivity contribution < 1.29 is 9.18 Å². The van der Waals surface area contributed by atoms with E-state index in [1.54, 1.807) is 16.8 Å². The normalized spacial score (nSPS) is 11.1. The lowest BCUT2D eigenvalue weighted by molar-refractivity contribution is 0.102. The highest BCUT2D eigenvalue weighted by atomic mass is 32.2. The summed E-state index contributed by atoms with van der Waals surface area (Å²) in [5.41, 5.74) is 4.94. The maximum Gasteiger partial charge on any atom is 0.278 e. The van der Waals surface area contributed by atoms with Gasteiger partial charge in [0.05, 0.1) is 11.4 Å². The molecule has 1 N–H and O–H groups in total. The first-order valence-corrected chi connectivity index (χ1v) is 11.9. The number of hydrogen-bond donors (Lipinski definition) is 1. The third-order valence-electron chi connectivity index (χ3n) is 5.18. The quantitative estimate of drug-likeness (QED) is 0.281. The second kappa shape index (κ2) is 10.1. The van der Waals surface area contributed by atoms with Gasteiger partial charge >= 0.3 is 0 Å². The Bertz CT molecular complexity index is 1280. The van der Waals surface area contributed by atoms with Gasteiger partial charge in [-0.2, -0.15) is 0 Å². The zero-order chi connectivity index (χ0) is 24.2. The van der Waals surface area contributed by atoms with Gasteiger partial charge in [0.15, 0.2) is 10.9 Å². The summed E-state index contributed by atoms with van der Waals surface area (Å²) < 4.78 is 15.0. The molecule has 0 fully saturated rings. The molecule has 4 aromatic rings. The van der Waals surface area contributed by atoms with Crippen molar-refractivity contribution in [3.63, 3.8) is 0 Å². The van der Waals surface area contributed by atoms with Gasteiger partial charge in [0, 0.05) is 22.8 Å². The zero-order valence-electron chi connectivity index (χ0n) is 19.4. The Morgan fingerprint density at radius 3 is 2.29 bits per heavy atom. The molecule has 9 heteroatoms. The highest BCUT2D eigenvalue weighted by Crippen LogP contribution is 2.25. The van der Waals surface area contributed by atoms with Crippen LogP contribution < -0.4 is 5.32 Å². The van der Waals surface area contributed by atoms with Crippen LogP contribution in [0.4, 0.5) is 10.1 Å². The Balaban J connectivity index is 1.64. The molecule has 0 aliphatic rings. The van der Waals surface area contributed by atoms with Crippen LogP contribution in [0.1, 0.15) is 52.9 Å². The largest absolute Gasteiger partial charge is 0.321 e. The van der Waals surface area contributed by atoms with Crippen molar-refractivity contribution in [1.29, 1.82) is 0 Å². The molecule has 2 aromatic carbocycles. The first kappa shape index (κ1) is 23.6. The fourth-order valence-electron chi connectivity index (χ4n) is 3.43. The van der Waals surface area contributed by atoms with Crippen molar-refractivity contribution in [1.82, 2.24) is 25.0 Å². The predicted octanol–water partition coefficient (Wildman–Crippen LogP) is 5.48. The van der Waals surface area contributed by atoms with Gasteiger partial charge in [0.2, 0.25) is 0 Å². The van der Waals surface area contributed by atoms with E-state index in [0.29, 0.717) is 33.9 Å². The molecule has 0 radical (unpaired) electrons. The monoisotopic (exact) mass is 476 g/mol. The molecule has 2 aromatic heterocycles. The van der Waals surface area contributed by atoms with E-state index in [4.69, 9.17) is 0 Å². The smallest absolute Gasteiger partial charge is 0.278 e. The lowest BCUT2D eigenvalue weighted by Gasteiger charge is -2.10. The van der Waals surface area contributed by atoms with E-state index < -0.39 is 0 Å². The molecule has 1 amide bonds. The molecule has 7 nitrogen and oxygen atoms in total. The van der Waals surface area contributed by atoms with Crippen LogP contribution in [0.2, 0.25) is 0 Å². The third kappa shape index (κ3) is 5.48. The maximum atomic E-state index is 13.5. The van der Waals surface area contributed by atoms with Crippen LogP contribution in [0.3, 0.4) is 0 Å². The van der Waals surface area contributed by atoms with Gasteiger partial charge in [-0.15, -0.1) is 5.10 Å². The van der Waals surface area contributed by atoms with Crippen LogP contribution in [0.25, 0.3) is 5.69 Å². The summed E-state index contributed by atoms with van der Waals surface area (Å²) in [5.74, 6) is 0.0211. The molecule has 0 atom stereocenters. The number of hydrogen-bond acceptors (Lipinski definition) is 6. The van der Waals surface area contributed by atoms with E-state index in [0.717, 1.165) is 11.4 Å². The molecule has 34 heavy (non-hydrogen) atoms. The van der Waals surface area contributed by atoms with Gasteiger partial charge in [-0.3, -0.25) is 4.79 Å². The number of nitrogens with zero attached hydrogens (tertiary/aromatic N) is 5. The first-order chi connectivity index (χ1) is 16.3. The number of amides is 1. The van der Waals surface area contributed by atoms with Crippen molar-refractivity contribution in [2.24, 2.45) is 0 Å². The fraction of sp³-hybridized carbons (Fsp3) is 0.240. The summed E-state index contributed by atoms with van der Waals surface area (Å²) in [6.07, 6.45) is 0. The van der Waals surface area contributed by atoms with Crippen molar-refractivity contribution in [3.05, 3.63) is 88.8 Å². The molecule has 174 valence electrons. The number of thioether (sulfide) groups is 1. The summed E-state index contributed by atoms with van der Waals surface area (Å²) >= 11 is 1.38. The first-order valence-electron chi connectivity index (χ1n) is 10.9. The van der Waals surface area contributed by atoms with Crippen molar-refractivity contribution in [2.75, 3.05) is 5.32 Å². The molecule has 0 bridgehead atoms. The number of anilines is 1. The number of halogens is 1. The van der Waals surface area contributed by atoms with E-state index in [9.17, 15) is 9.18 Å². The van der Waals surface area contributed by atoms with Crippen molar-refractivity contribution in [3.8, 4) is 5.69 Å². The van der Waals surface area contributed by atoms with Gasteiger partial charge < -0.3 is 5.32 Å². The molecule has 0 spiro atoms. The summed E-state index contributed by atoms with van der Waals surface area (Å²) in [5, 5.41) is 11.8. The molecule has 0 aliphatic heterocycles. The number of aryl methyl sites for hydroxylation is 2. The van der Waals surface area contributed by atoms with Gasteiger partial charge in [0.1, 0.15) is 5.82 Å². The lowest BCUT2D eigenvalue weighted by atomic mass is 10.0. The molecule has 2 heterocycles. The number of aromatic nitrogens is 5. The van der Waals surface area contributed by atoms with Crippen molar-refractivity contribution in [2.45, 2.75) is 44.5 Å². The van der Waals surface area contributed by atoms with E-state index in [1.165, 1.54) is 29.5 Å². The Labute approximate surface area is 201 Å². The molecule has 0 saturated heterocycles. The lowest BCUT2D eigenvalue weighted by Crippen LogP contribution is -2.15. The van der Waals surface area contributed by atoms with Crippen LogP contribution in [0, 0.1) is 19.7 Å². The Morgan fingerprint density at radius 1 is 1.03 bits per heavy atom. The Morgan fingerprint density at radius 2 is 1.68 bits per heavy atom. The standard InChI is InChI=1S/C25H25FN6OS/c1-15(2)18-5-9-20(10-6-18)29-24(33)23-22(14-34-25-27-16(3)13-17(4)28-25)32(31-30-23)21-11-7-19(26)8-12-21/h5-13,15H,14H2,1-4H3,(H,29,33). The third-order valence-corrected chi connectivity index (χ3v) is 6.04. The molecule has 0 aliphatic carbocycles. The number of carbonyl (C=O) groups is 1. The SMILES string of the molecule is Cc1cc(C)nc(SCc2c(C(=O)Nc3ccc(C(C)C)cc3)nnn2-c2ccc(F)cc2)n1. The predicted molar refractivity (Wildman–Crippen MR) is 131 cm³/mol. The average Bonchev–Trinajstić information content (AvgIpc) is 3.22. The highest BCUT2D eigenvalue weighted by Gasteiger charge is 2.22. The fourth-order valence-corrected chi connectivity index (χ4v) is 4.37. The second-order valence-corrected chi connectivity index (χ2v) is 9.17. The number of nitrogens with one attached hydrogen (secondary N) is 1. The van der Waals surface area contributed by atoms with Gasteiger partial charge in [-0.05, 0) is 67.8 Å². The summed E-state index contributed by atoms with van der Waals surface area (Å²) in [7, 11) is 0. The summed E-state index contributed by atoms with van der Waals surface area (Å²) in [6, 6.07) is 15.5. The van der Waals surface area contributed by atoms with Crippen LogP contribution in [-0.4, -0.2) is 30.9 Å². The topological polar surface area (TPSA) is 85.6 Å². The minimum absolute atomic E-state index is 0.189. The minimum Gasteiger partial charge on any atom is -0.321 e. The highest BCUT2D eigenvalue weighted by molar-refractivity contribution is 7.98. The molecular formula is C25H25FN6OS. The van der Waals surface area contributed by atoms with Crippen LogP contribution in [-0.2, 0) is 5.75 Å².